The average Bonchev–Trinajstić information content (AvgIpc) is 3.30. The molecule has 0 aliphatic carbocycles. The van der Waals surface area contributed by atoms with Gasteiger partial charge in [-0.1, -0.05) is 22.8 Å². The Morgan fingerprint density at radius 1 is 1.05 bits per heavy atom. The third-order valence-corrected chi connectivity index (χ3v) is 4.43. The van der Waals surface area contributed by atoms with Crippen LogP contribution in [0.5, 0.6) is 5.75 Å². The number of hydrogen-bond acceptors (Lipinski definition) is 3. The van der Waals surface area contributed by atoms with Crippen LogP contribution in [0, 0.1) is 0 Å². The molecule has 3 rings (SSSR count). The van der Waals surface area contributed by atoms with Gasteiger partial charge in [-0.25, -0.2) is 0 Å². The van der Waals surface area contributed by atoms with Gasteiger partial charge in [-0.3, -0.25) is 0 Å². The van der Waals surface area contributed by atoms with Gasteiger partial charge in [0.25, 0.3) is 0 Å². The van der Waals surface area contributed by atoms with Gasteiger partial charge >= 0.3 is 7.80 Å². The van der Waals surface area contributed by atoms with Crippen molar-refractivity contribution in [1.29, 1.82) is 0 Å². The Labute approximate surface area is 113 Å². The van der Waals surface area contributed by atoms with Crippen LogP contribution in [-0.2, 0) is 9.30 Å². The minimum atomic E-state index is -1.52. The molecule has 96 valence electrons. The molecule has 0 spiro atoms. The van der Waals surface area contributed by atoms with Gasteiger partial charge in [-0.2, -0.15) is 0 Å². The third kappa shape index (κ3) is 3.19. The van der Waals surface area contributed by atoms with Gasteiger partial charge in [-0.15, -0.1) is 0 Å². The molecular formula is C15H14O3P+. The molecule has 1 heterocycles. The lowest BCUT2D eigenvalue weighted by Crippen LogP contribution is -2.07. The van der Waals surface area contributed by atoms with Crippen LogP contribution in [0.4, 0.5) is 0 Å². The van der Waals surface area contributed by atoms with E-state index in [2.05, 4.69) is 0 Å². The summed E-state index contributed by atoms with van der Waals surface area (Å²) in [6, 6.07) is 16.9. The van der Waals surface area contributed by atoms with Gasteiger partial charge in [0.05, 0.1) is 6.61 Å². The van der Waals surface area contributed by atoms with E-state index >= 15 is 0 Å². The van der Waals surface area contributed by atoms with Crippen LogP contribution < -0.4 is 15.3 Å². The van der Waals surface area contributed by atoms with Gasteiger partial charge in [0.2, 0.25) is 0 Å². The number of rotatable bonds is 5. The van der Waals surface area contributed by atoms with E-state index in [1.54, 1.807) is 0 Å². The van der Waals surface area contributed by atoms with Crippen molar-refractivity contribution in [2.24, 2.45) is 0 Å². The van der Waals surface area contributed by atoms with Crippen LogP contribution in [-0.4, -0.2) is 19.3 Å². The van der Waals surface area contributed by atoms with Crippen LogP contribution in [0.2, 0.25) is 0 Å². The lowest BCUT2D eigenvalue weighted by Gasteiger charge is -2.02. The van der Waals surface area contributed by atoms with E-state index in [-0.39, 0.29) is 6.10 Å². The van der Waals surface area contributed by atoms with Crippen molar-refractivity contribution >= 4 is 18.4 Å². The molecule has 1 saturated heterocycles. The zero-order chi connectivity index (χ0) is 13.1. The largest absolute Gasteiger partial charge is 0.491 e. The summed E-state index contributed by atoms with van der Waals surface area (Å²) >= 11 is 0. The molecule has 0 radical (unpaired) electrons. The maximum absolute atomic E-state index is 12.3. The Kier molecular flexibility index (Phi) is 3.58. The van der Waals surface area contributed by atoms with Crippen molar-refractivity contribution in [3.05, 3.63) is 54.6 Å². The highest BCUT2D eigenvalue weighted by molar-refractivity contribution is 7.61. The minimum absolute atomic E-state index is 0.251. The molecule has 1 aliphatic rings. The highest BCUT2D eigenvalue weighted by atomic mass is 31.1. The zero-order valence-corrected chi connectivity index (χ0v) is 11.3. The summed E-state index contributed by atoms with van der Waals surface area (Å²) < 4.78 is 22.9. The molecular weight excluding hydrogens is 259 g/mol. The summed E-state index contributed by atoms with van der Waals surface area (Å²) in [4.78, 5) is 0. The molecule has 2 aromatic carbocycles. The molecule has 0 bridgehead atoms. The van der Waals surface area contributed by atoms with Crippen molar-refractivity contribution in [3.8, 4) is 5.75 Å². The number of ether oxygens (including phenoxy) is 2. The first kappa shape index (κ1) is 12.3. The second kappa shape index (κ2) is 5.52. The van der Waals surface area contributed by atoms with Crippen LogP contribution in [0.25, 0.3) is 0 Å². The van der Waals surface area contributed by atoms with E-state index in [9.17, 15) is 4.57 Å². The standard InChI is InChI=1S/C15H14O3P/c16-19(14-4-2-1-3-5-14)15-8-6-12(7-9-15)17-10-13-11-18-13/h1-9,13H,10-11H2/q+1. The summed E-state index contributed by atoms with van der Waals surface area (Å²) in [6.07, 6.45) is 0.251. The van der Waals surface area contributed by atoms with Gasteiger partial charge in [0.15, 0.2) is 10.6 Å². The van der Waals surface area contributed by atoms with Crippen LogP contribution >= 0.6 is 7.80 Å². The van der Waals surface area contributed by atoms with Gasteiger partial charge in [0.1, 0.15) is 18.5 Å². The molecule has 3 nitrogen and oxygen atoms in total. The molecule has 1 fully saturated rings. The maximum atomic E-state index is 12.3. The number of benzene rings is 2. The molecule has 2 aromatic rings. The summed E-state index contributed by atoms with van der Waals surface area (Å²) in [7, 11) is -1.52. The minimum Gasteiger partial charge on any atom is -0.491 e. The number of epoxide rings is 1. The fraction of sp³-hybridized carbons (Fsp3) is 0.200. The van der Waals surface area contributed by atoms with Crippen LogP contribution in [0.3, 0.4) is 0 Å². The van der Waals surface area contributed by atoms with E-state index in [0.29, 0.717) is 6.61 Å². The molecule has 0 N–H and O–H groups in total. The molecule has 0 aromatic heterocycles. The van der Waals surface area contributed by atoms with Crippen LogP contribution in [0.1, 0.15) is 0 Å². The summed E-state index contributed by atoms with van der Waals surface area (Å²) in [5.41, 5.74) is 0. The Hall–Kier alpha value is -1.70. The topological polar surface area (TPSA) is 38.8 Å². The lowest BCUT2D eigenvalue weighted by molar-refractivity contribution is 0.263. The average molecular weight is 273 g/mol. The summed E-state index contributed by atoms with van der Waals surface area (Å²) in [5.74, 6) is 0.788. The second-order valence-corrected chi connectivity index (χ2v) is 6.01. The van der Waals surface area contributed by atoms with Crippen molar-refractivity contribution in [2.45, 2.75) is 6.10 Å². The Bertz CT molecular complexity index is 562. The van der Waals surface area contributed by atoms with Gasteiger partial charge < -0.3 is 9.47 Å². The fourth-order valence-electron chi connectivity index (χ4n) is 1.74. The van der Waals surface area contributed by atoms with E-state index in [1.807, 2.05) is 54.6 Å². The Balaban J connectivity index is 1.69. The van der Waals surface area contributed by atoms with E-state index in [1.165, 1.54) is 0 Å². The summed E-state index contributed by atoms with van der Waals surface area (Å²) in [6.45, 7) is 1.38. The van der Waals surface area contributed by atoms with Crippen molar-refractivity contribution < 1.29 is 14.0 Å². The molecule has 0 saturated carbocycles. The smallest absolute Gasteiger partial charge is 0.415 e. The summed E-state index contributed by atoms with van der Waals surface area (Å²) in [5, 5.41) is 1.66. The molecule has 4 heteroatoms. The molecule has 0 amide bonds. The monoisotopic (exact) mass is 273 g/mol. The highest BCUT2D eigenvalue weighted by Crippen LogP contribution is 2.21. The predicted molar refractivity (Wildman–Crippen MR) is 75.0 cm³/mol. The van der Waals surface area contributed by atoms with Crippen molar-refractivity contribution in [2.75, 3.05) is 13.2 Å². The first-order chi connectivity index (χ1) is 9.33. The zero-order valence-electron chi connectivity index (χ0n) is 10.4. The third-order valence-electron chi connectivity index (χ3n) is 2.90. The van der Waals surface area contributed by atoms with E-state index in [0.717, 1.165) is 23.0 Å². The van der Waals surface area contributed by atoms with Gasteiger partial charge in [0, 0.05) is 0 Å². The van der Waals surface area contributed by atoms with E-state index in [4.69, 9.17) is 9.47 Å². The lowest BCUT2D eigenvalue weighted by atomic mass is 10.3. The Morgan fingerprint density at radius 3 is 2.32 bits per heavy atom. The predicted octanol–water partition coefficient (Wildman–Crippen LogP) is 2.24. The first-order valence-electron chi connectivity index (χ1n) is 6.20. The molecule has 1 aliphatic heterocycles. The molecule has 2 atom stereocenters. The van der Waals surface area contributed by atoms with E-state index < -0.39 is 7.80 Å². The van der Waals surface area contributed by atoms with Crippen molar-refractivity contribution in [3.63, 3.8) is 0 Å². The maximum Gasteiger partial charge on any atom is 0.415 e. The van der Waals surface area contributed by atoms with Gasteiger partial charge in [-0.05, 0) is 36.4 Å². The molecule has 19 heavy (non-hydrogen) atoms. The first-order valence-corrected chi connectivity index (χ1v) is 7.46. The SMILES string of the molecule is O=[P+](c1ccccc1)c1ccc(OCC2CO2)cc1. The quantitative estimate of drug-likeness (QED) is 0.619. The Morgan fingerprint density at radius 2 is 1.68 bits per heavy atom. The highest BCUT2D eigenvalue weighted by Gasteiger charge is 2.24. The fourth-order valence-corrected chi connectivity index (χ4v) is 2.90. The van der Waals surface area contributed by atoms with Crippen LogP contribution in [0.15, 0.2) is 54.6 Å². The normalized spacial score (nSPS) is 17.9. The number of hydrogen-bond donors (Lipinski definition) is 0. The van der Waals surface area contributed by atoms with Crippen molar-refractivity contribution in [1.82, 2.24) is 0 Å². The second-order valence-electron chi connectivity index (χ2n) is 4.39. The molecule has 2 unspecified atom stereocenters.